The minimum atomic E-state index is 0.316. The quantitative estimate of drug-likeness (QED) is 0.476. The number of Topliss-reactive ketones (excluding diaryl/α,β-unsaturated/α-hetero) is 1. The van der Waals surface area contributed by atoms with Gasteiger partial charge in [0.25, 0.3) is 0 Å². The topological polar surface area (TPSA) is 17.1 Å². The van der Waals surface area contributed by atoms with Crippen molar-refractivity contribution >= 4 is 5.78 Å². The van der Waals surface area contributed by atoms with Crippen LogP contribution in [0.2, 0.25) is 0 Å². The fraction of sp³-hybridized carbons (Fsp3) is 0.708. The first-order chi connectivity index (χ1) is 12.2. The third kappa shape index (κ3) is 3.86. The molecule has 2 fully saturated rings. The second-order valence-electron chi connectivity index (χ2n) is 8.56. The summed E-state index contributed by atoms with van der Waals surface area (Å²) < 4.78 is 0. The summed E-state index contributed by atoms with van der Waals surface area (Å²) in [6.45, 7) is 4.51. The van der Waals surface area contributed by atoms with Gasteiger partial charge in [0.1, 0.15) is 0 Å². The van der Waals surface area contributed by atoms with E-state index in [2.05, 4.69) is 38.1 Å². The zero-order chi connectivity index (χ0) is 17.7. The molecule has 0 spiro atoms. The number of fused-ring (bicyclic) bond motifs is 1. The number of benzene rings is 1. The summed E-state index contributed by atoms with van der Waals surface area (Å²) in [5, 5.41) is 0. The largest absolute Gasteiger partial charge is 0.294 e. The van der Waals surface area contributed by atoms with Crippen molar-refractivity contribution in [3.05, 3.63) is 35.4 Å². The molecular weight excluding hydrogens is 304 g/mol. The molecule has 3 atom stereocenters. The molecule has 1 aromatic carbocycles. The normalized spacial score (nSPS) is 29.2. The van der Waals surface area contributed by atoms with E-state index >= 15 is 0 Å². The Labute approximate surface area is 154 Å². The molecule has 1 nitrogen and oxygen atoms in total. The van der Waals surface area contributed by atoms with Crippen molar-refractivity contribution in [2.45, 2.75) is 96.8 Å². The lowest BCUT2D eigenvalue weighted by Gasteiger charge is -2.53. The van der Waals surface area contributed by atoms with Crippen LogP contribution in [0.15, 0.2) is 24.3 Å². The van der Waals surface area contributed by atoms with E-state index in [-0.39, 0.29) is 0 Å². The van der Waals surface area contributed by atoms with Crippen LogP contribution in [0.4, 0.5) is 0 Å². The van der Waals surface area contributed by atoms with Gasteiger partial charge in [-0.2, -0.15) is 0 Å². The highest BCUT2D eigenvalue weighted by atomic mass is 16.1. The molecule has 0 N–H and O–H groups in total. The van der Waals surface area contributed by atoms with Gasteiger partial charge in [0.15, 0.2) is 5.78 Å². The Morgan fingerprint density at radius 2 is 1.76 bits per heavy atom. The number of carbonyl (C=O) groups is 1. The Hall–Kier alpha value is -1.11. The summed E-state index contributed by atoms with van der Waals surface area (Å²) in [6.07, 6.45) is 15.4. The van der Waals surface area contributed by atoms with Gasteiger partial charge in [-0.25, -0.2) is 0 Å². The highest BCUT2D eigenvalue weighted by Crippen LogP contribution is 2.59. The molecule has 0 amide bonds. The second kappa shape index (κ2) is 8.52. The van der Waals surface area contributed by atoms with Crippen LogP contribution in [0.1, 0.15) is 113 Å². The summed E-state index contributed by atoms with van der Waals surface area (Å²) in [5.74, 6) is 1.97. The Morgan fingerprint density at radius 3 is 2.48 bits per heavy atom. The molecule has 3 rings (SSSR count). The molecule has 1 unspecified atom stereocenters. The van der Waals surface area contributed by atoms with E-state index in [1.165, 1.54) is 63.4 Å². The molecule has 25 heavy (non-hydrogen) atoms. The van der Waals surface area contributed by atoms with Crippen molar-refractivity contribution in [3.63, 3.8) is 0 Å². The van der Waals surface area contributed by atoms with Crippen LogP contribution in [0.25, 0.3) is 0 Å². The van der Waals surface area contributed by atoms with Gasteiger partial charge in [-0.15, -0.1) is 0 Å². The number of carbonyl (C=O) groups excluding carboxylic acids is 1. The average molecular weight is 341 g/mol. The smallest absolute Gasteiger partial charge is 0.162 e. The van der Waals surface area contributed by atoms with Gasteiger partial charge in [-0.05, 0) is 61.3 Å². The third-order valence-corrected chi connectivity index (χ3v) is 7.11. The predicted molar refractivity (Wildman–Crippen MR) is 106 cm³/mol. The molecule has 0 radical (unpaired) electrons. The van der Waals surface area contributed by atoms with Gasteiger partial charge in [0.2, 0.25) is 0 Å². The molecule has 0 aliphatic heterocycles. The van der Waals surface area contributed by atoms with Crippen molar-refractivity contribution in [2.75, 3.05) is 0 Å². The van der Waals surface area contributed by atoms with Crippen LogP contribution in [-0.2, 0) is 0 Å². The molecule has 1 aromatic rings. The summed E-state index contributed by atoms with van der Waals surface area (Å²) >= 11 is 0. The first-order valence-electron chi connectivity index (χ1n) is 10.8. The molecule has 1 heteroatoms. The summed E-state index contributed by atoms with van der Waals surface area (Å²) in [7, 11) is 0. The SMILES string of the molecule is CCCCC(=O)c1ccc(C2CCC[C@H]3CCCC[C@]23CCC)cc1. The first kappa shape index (κ1) is 18.7. The molecule has 2 saturated carbocycles. The fourth-order valence-corrected chi connectivity index (χ4v) is 5.93. The van der Waals surface area contributed by atoms with Gasteiger partial charge < -0.3 is 0 Å². The Morgan fingerprint density at radius 1 is 1.00 bits per heavy atom. The van der Waals surface area contributed by atoms with E-state index in [9.17, 15) is 4.79 Å². The standard InChI is InChI=1S/C24H36O/c1-3-5-12-23(25)20-15-13-19(14-16-20)22-11-8-10-21-9-6-7-18-24(21,22)17-4-2/h13-16,21-22H,3-12,17-18H2,1-2H3/t21-,22?,24+/m1/s1. The second-order valence-corrected chi connectivity index (χ2v) is 8.56. The van der Waals surface area contributed by atoms with E-state index < -0.39 is 0 Å². The first-order valence-corrected chi connectivity index (χ1v) is 10.8. The van der Waals surface area contributed by atoms with Gasteiger partial charge in [0, 0.05) is 12.0 Å². The number of hydrogen-bond acceptors (Lipinski definition) is 1. The number of rotatable bonds is 7. The monoisotopic (exact) mass is 340 g/mol. The van der Waals surface area contributed by atoms with Gasteiger partial charge in [0.05, 0.1) is 0 Å². The van der Waals surface area contributed by atoms with Gasteiger partial charge >= 0.3 is 0 Å². The minimum absolute atomic E-state index is 0.316. The number of hydrogen-bond donors (Lipinski definition) is 0. The van der Waals surface area contributed by atoms with E-state index in [4.69, 9.17) is 0 Å². The third-order valence-electron chi connectivity index (χ3n) is 7.11. The van der Waals surface area contributed by atoms with Crippen LogP contribution in [0.5, 0.6) is 0 Å². The number of unbranched alkanes of at least 4 members (excludes halogenated alkanes) is 1. The van der Waals surface area contributed by atoms with Crippen LogP contribution >= 0.6 is 0 Å². The van der Waals surface area contributed by atoms with Crippen LogP contribution in [0, 0.1) is 11.3 Å². The fourth-order valence-electron chi connectivity index (χ4n) is 5.93. The average Bonchev–Trinajstić information content (AvgIpc) is 2.66. The molecular formula is C24H36O. The lowest BCUT2D eigenvalue weighted by atomic mass is 9.51. The zero-order valence-electron chi connectivity index (χ0n) is 16.4. The van der Waals surface area contributed by atoms with E-state index in [0.29, 0.717) is 23.5 Å². The lowest BCUT2D eigenvalue weighted by molar-refractivity contribution is 0.0114. The molecule has 2 aliphatic carbocycles. The minimum Gasteiger partial charge on any atom is -0.294 e. The molecule has 2 aliphatic rings. The van der Waals surface area contributed by atoms with Crippen LogP contribution in [0.3, 0.4) is 0 Å². The van der Waals surface area contributed by atoms with Crippen LogP contribution < -0.4 is 0 Å². The predicted octanol–water partition coefficient (Wildman–Crippen LogP) is 7.30. The molecule has 0 heterocycles. The molecule has 0 bridgehead atoms. The molecule has 138 valence electrons. The van der Waals surface area contributed by atoms with Crippen molar-refractivity contribution in [2.24, 2.45) is 11.3 Å². The Kier molecular flexibility index (Phi) is 6.36. The number of ketones is 1. The van der Waals surface area contributed by atoms with E-state index in [1.807, 2.05) is 0 Å². The Bertz CT molecular complexity index is 552. The Balaban J connectivity index is 1.82. The van der Waals surface area contributed by atoms with Gasteiger partial charge in [-0.3, -0.25) is 4.79 Å². The summed E-state index contributed by atoms with van der Waals surface area (Å²) in [5.41, 5.74) is 2.96. The highest BCUT2D eigenvalue weighted by molar-refractivity contribution is 5.96. The van der Waals surface area contributed by atoms with E-state index in [1.54, 1.807) is 0 Å². The van der Waals surface area contributed by atoms with Crippen molar-refractivity contribution in [1.82, 2.24) is 0 Å². The zero-order valence-corrected chi connectivity index (χ0v) is 16.4. The maximum atomic E-state index is 12.3. The van der Waals surface area contributed by atoms with Crippen LogP contribution in [-0.4, -0.2) is 5.78 Å². The molecule has 0 aromatic heterocycles. The van der Waals surface area contributed by atoms with Crippen molar-refractivity contribution < 1.29 is 4.79 Å². The van der Waals surface area contributed by atoms with Crippen molar-refractivity contribution in [3.8, 4) is 0 Å². The van der Waals surface area contributed by atoms with Gasteiger partial charge in [-0.1, -0.05) is 70.2 Å². The maximum absolute atomic E-state index is 12.3. The lowest BCUT2D eigenvalue weighted by Crippen LogP contribution is -2.42. The van der Waals surface area contributed by atoms with Crippen molar-refractivity contribution in [1.29, 1.82) is 0 Å². The molecule has 0 saturated heterocycles. The highest BCUT2D eigenvalue weighted by Gasteiger charge is 2.47. The summed E-state index contributed by atoms with van der Waals surface area (Å²) in [6, 6.07) is 8.80. The summed E-state index contributed by atoms with van der Waals surface area (Å²) in [4.78, 5) is 12.3. The maximum Gasteiger partial charge on any atom is 0.162 e. The van der Waals surface area contributed by atoms with E-state index in [0.717, 1.165) is 24.3 Å².